The van der Waals surface area contributed by atoms with E-state index in [1.807, 2.05) is 24.3 Å². The molecule has 2 aromatic rings. The summed E-state index contributed by atoms with van der Waals surface area (Å²) in [6.07, 6.45) is 2.77. The summed E-state index contributed by atoms with van der Waals surface area (Å²) in [5.41, 5.74) is 1.30. The summed E-state index contributed by atoms with van der Waals surface area (Å²) < 4.78 is 5.46. The van der Waals surface area contributed by atoms with Crippen LogP contribution in [0.4, 0.5) is 0 Å². The Hall–Kier alpha value is -3.02. The van der Waals surface area contributed by atoms with Gasteiger partial charge in [-0.15, -0.1) is 0 Å². The second-order valence-electron chi connectivity index (χ2n) is 6.30. The van der Waals surface area contributed by atoms with Crippen LogP contribution >= 0.6 is 0 Å². The number of nitrogens with one attached hydrogen (secondary N) is 2. The number of para-hydroxylation sites is 1. The predicted molar refractivity (Wildman–Crippen MR) is 97.2 cm³/mol. The van der Waals surface area contributed by atoms with Gasteiger partial charge in [0.15, 0.2) is 6.61 Å². The minimum absolute atomic E-state index is 0.0203. The number of carbonyl (C=O) groups is 2. The lowest BCUT2D eigenvalue weighted by molar-refractivity contribution is -0.123. The predicted octanol–water partition coefficient (Wildman–Crippen LogP) is 2.02. The van der Waals surface area contributed by atoms with Crippen LogP contribution in [0.1, 0.15) is 28.8 Å². The number of hydrogen-bond acceptors (Lipinski definition) is 4. The summed E-state index contributed by atoms with van der Waals surface area (Å²) in [4.78, 5) is 23.6. The molecule has 0 spiro atoms. The topological polar surface area (TPSA) is 87.7 Å². The molecule has 1 fully saturated rings. The maximum atomic E-state index is 12.0. The van der Waals surface area contributed by atoms with Crippen molar-refractivity contribution in [3.63, 3.8) is 0 Å². The van der Waals surface area contributed by atoms with Crippen LogP contribution in [-0.2, 0) is 11.2 Å². The summed E-state index contributed by atoms with van der Waals surface area (Å²) in [7, 11) is 0. The van der Waals surface area contributed by atoms with E-state index < -0.39 is 0 Å². The minimum atomic E-state index is -0.301. The van der Waals surface area contributed by atoms with E-state index in [1.165, 1.54) is 6.07 Å². The highest BCUT2D eigenvalue weighted by atomic mass is 16.5. The highest BCUT2D eigenvalue weighted by molar-refractivity contribution is 5.96. The van der Waals surface area contributed by atoms with Gasteiger partial charge in [0.2, 0.25) is 0 Å². The zero-order valence-corrected chi connectivity index (χ0v) is 14.4. The van der Waals surface area contributed by atoms with E-state index in [0.717, 1.165) is 18.4 Å². The Kier molecular flexibility index (Phi) is 5.73. The molecule has 2 aromatic carbocycles. The van der Waals surface area contributed by atoms with E-state index in [9.17, 15) is 14.7 Å². The third-order valence-electron chi connectivity index (χ3n) is 4.08. The zero-order chi connectivity index (χ0) is 18.4. The fourth-order valence-electron chi connectivity index (χ4n) is 2.48. The van der Waals surface area contributed by atoms with Gasteiger partial charge in [-0.2, -0.15) is 0 Å². The zero-order valence-electron chi connectivity index (χ0n) is 14.4. The van der Waals surface area contributed by atoms with Crippen molar-refractivity contribution in [2.75, 3.05) is 13.2 Å². The number of benzene rings is 2. The minimum Gasteiger partial charge on any atom is -0.507 e. The number of ether oxygens (including phenoxy) is 1. The molecule has 1 aliphatic rings. The lowest BCUT2D eigenvalue weighted by atomic mass is 10.1. The first-order valence-electron chi connectivity index (χ1n) is 8.69. The molecule has 2 amide bonds. The third kappa shape index (κ3) is 5.24. The molecule has 1 aliphatic carbocycles. The van der Waals surface area contributed by atoms with Crippen molar-refractivity contribution in [2.24, 2.45) is 0 Å². The molecule has 6 heteroatoms. The molecule has 136 valence electrons. The van der Waals surface area contributed by atoms with Crippen LogP contribution in [-0.4, -0.2) is 36.1 Å². The van der Waals surface area contributed by atoms with E-state index in [-0.39, 0.29) is 29.7 Å². The Morgan fingerprint density at radius 2 is 1.81 bits per heavy atom. The molecule has 0 radical (unpaired) electrons. The van der Waals surface area contributed by atoms with Gasteiger partial charge in [0, 0.05) is 12.6 Å². The Bertz CT molecular complexity index is 770. The summed E-state index contributed by atoms with van der Waals surface area (Å²) in [6, 6.07) is 14.2. The van der Waals surface area contributed by atoms with Crippen LogP contribution < -0.4 is 15.4 Å². The molecule has 0 atom stereocenters. The third-order valence-corrected chi connectivity index (χ3v) is 4.08. The first kappa shape index (κ1) is 17.8. The molecule has 0 heterocycles. The van der Waals surface area contributed by atoms with Crippen molar-refractivity contribution in [2.45, 2.75) is 25.3 Å². The van der Waals surface area contributed by atoms with Crippen molar-refractivity contribution < 1.29 is 19.4 Å². The number of carbonyl (C=O) groups excluding carboxylic acids is 2. The molecule has 0 saturated heterocycles. The second kappa shape index (κ2) is 8.38. The monoisotopic (exact) mass is 354 g/mol. The summed E-state index contributed by atoms with van der Waals surface area (Å²) >= 11 is 0. The van der Waals surface area contributed by atoms with Crippen LogP contribution in [0.2, 0.25) is 0 Å². The largest absolute Gasteiger partial charge is 0.507 e. The Morgan fingerprint density at radius 1 is 1.08 bits per heavy atom. The number of phenols is 1. The average molecular weight is 354 g/mol. The van der Waals surface area contributed by atoms with Crippen LogP contribution in [0.3, 0.4) is 0 Å². The smallest absolute Gasteiger partial charge is 0.258 e. The van der Waals surface area contributed by atoms with Crippen LogP contribution in [0.25, 0.3) is 0 Å². The maximum absolute atomic E-state index is 12.0. The summed E-state index contributed by atoms with van der Waals surface area (Å²) in [6.45, 7) is 0.476. The molecular formula is C20H22N2O4. The highest BCUT2D eigenvalue weighted by Crippen LogP contribution is 2.18. The quantitative estimate of drug-likeness (QED) is 0.677. The molecule has 0 aromatic heterocycles. The van der Waals surface area contributed by atoms with Gasteiger partial charge >= 0.3 is 0 Å². The lowest BCUT2D eigenvalue weighted by Crippen LogP contribution is -2.30. The number of hydrogen-bond donors (Lipinski definition) is 3. The number of aromatic hydroxyl groups is 1. The van der Waals surface area contributed by atoms with E-state index in [1.54, 1.807) is 18.2 Å². The fraction of sp³-hybridized carbons (Fsp3) is 0.300. The van der Waals surface area contributed by atoms with E-state index in [0.29, 0.717) is 24.8 Å². The molecule has 0 unspecified atom stereocenters. The van der Waals surface area contributed by atoms with Gasteiger partial charge in [-0.1, -0.05) is 24.3 Å². The Labute approximate surface area is 152 Å². The summed E-state index contributed by atoms with van der Waals surface area (Å²) in [5, 5.41) is 15.3. The Morgan fingerprint density at radius 3 is 2.50 bits per heavy atom. The molecule has 3 rings (SSSR count). The van der Waals surface area contributed by atoms with Crippen LogP contribution in [0.5, 0.6) is 11.5 Å². The number of rotatable bonds is 8. The SMILES string of the molecule is O=C(COc1ccc(CCNC(=O)c2ccccc2O)cc1)NC1CC1. The first-order chi connectivity index (χ1) is 12.6. The van der Waals surface area contributed by atoms with Gasteiger partial charge in [0.1, 0.15) is 11.5 Å². The number of amides is 2. The van der Waals surface area contributed by atoms with Gasteiger partial charge in [0.05, 0.1) is 5.56 Å². The molecule has 3 N–H and O–H groups in total. The number of phenolic OH excluding ortho intramolecular Hbond substituents is 1. The van der Waals surface area contributed by atoms with Gasteiger partial charge in [-0.25, -0.2) is 0 Å². The Balaban J connectivity index is 1.40. The first-order valence-corrected chi connectivity index (χ1v) is 8.69. The van der Waals surface area contributed by atoms with Gasteiger partial charge < -0.3 is 20.5 Å². The van der Waals surface area contributed by atoms with Crippen molar-refractivity contribution in [3.8, 4) is 11.5 Å². The van der Waals surface area contributed by atoms with Gasteiger partial charge in [-0.05, 0) is 49.1 Å². The molecule has 1 saturated carbocycles. The second-order valence-corrected chi connectivity index (χ2v) is 6.30. The highest BCUT2D eigenvalue weighted by Gasteiger charge is 2.23. The molecule has 26 heavy (non-hydrogen) atoms. The molecule has 0 bridgehead atoms. The lowest BCUT2D eigenvalue weighted by Gasteiger charge is -2.09. The van der Waals surface area contributed by atoms with Crippen molar-refractivity contribution >= 4 is 11.8 Å². The molecule has 0 aliphatic heterocycles. The van der Waals surface area contributed by atoms with E-state index >= 15 is 0 Å². The van der Waals surface area contributed by atoms with Crippen LogP contribution in [0.15, 0.2) is 48.5 Å². The van der Waals surface area contributed by atoms with Gasteiger partial charge in [-0.3, -0.25) is 9.59 Å². The van der Waals surface area contributed by atoms with Gasteiger partial charge in [0.25, 0.3) is 11.8 Å². The van der Waals surface area contributed by atoms with Crippen molar-refractivity contribution in [3.05, 3.63) is 59.7 Å². The van der Waals surface area contributed by atoms with E-state index in [2.05, 4.69) is 10.6 Å². The normalized spacial score (nSPS) is 13.1. The van der Waals surface area contributed by atoms with Crippen LogP contribution in [0, 0.1) is 0 Å². The average Bonchev–Trinajstić information content (AvgIpc) is 3.45. The molecular weight excluding hydrogens is 332 g/mol. The summed E-state index contributed by atoms with van der Waals surface area (Å²) in [5.74, 6) is 0.211. The standard InChI is InChI=1S/C20H22N2O4/c23-18-4-2-1-3-17(18)20(25)21-12-11-14-5-9-16(10-6-14)26-13-19(24)22-15-7-8-15/h1-6,9-10,15,23H,7-8,11-13H2,(H,21,25)(H,22,24). The van der Waals surface area contributed by atoms with Crippen molar-refractivity contribution in [1.29, 1.82) is 0 Å². The maximum Gasteiger partial charge on any atom is 0.258 e. The fourth-order valence-corrected chi connectivity index (χ4v) is 2.48. The molecule has 6 nitrogen and oxygen atoms in total. The van der Waals surface area contributed by atoms with E-state index in [4.69, 9.17) is 4.74 Å². The van der Waals surface area contributed by atoms with Crippen molar-refractivity contribution in [1.82, 2.24) is 10.6 Å².